The number of nitrogens with zero attached hydrogens (tertiary/aromatic N) is 1. The molecule has 1 fully saturated rings. The molecule has 0 unspecified atom stereocenters. The van der Waals surface area contributed by atoms with Crippen LogP contribution >= 0.6 is 0 Å². The molecule has 0 saturated carbocycles. The van der Waals surface area contributed by atoms with Crippen LogP contribution < -0.4 is 0 Å². The minimum atomic E-state index is 0.190. The van der Waals surface area contributed by atoms with Gasteiger partial charge in [-0.05, 0) is 17.3 Å². The molecule has 0 radical (unpaired) electrons. The van der Waals surface area contributed by atoms with Crippen molar-refractivity contribution in [2.24, 2.45) is 17.3 Å². The SMILES string of the molecule is CC(C)[C@@H]1CC(=O)N(C)[C@@H]1C(C)(C)C. The summed E-state index contributed by atoms with van der Waals surface area (Å²) in [6, 6.07) is 0.398. The number of carbonyl (C=O) groups is 1. The van der Waals surface area contributed by atoms with Crippen molar-refractivity contribution in [1.29, 1.82) is 0 Å². The normalized spacial score (nSPS) is 29.1. The summed E-state index contributed by atoms with van der Waals surface area (Å²) >= 11 is 0. The van der Waals surface area contributed by atoms with E-state index in [1.165, 1.54) is 0 Å². The van der Waals surface area contributed by atoms with Crippen LogP contribution in [0.5, 0.6) is 0 Å². The molecule has 2 atom stereocenters. The molecule has 1 aliphatic rings. The number of hydrogen-bond donors (Lipinski definition) is 0. The maximum absolute atomic E-state index is 11.7. The van der Waals surface area contributed by atoms with Gasteiger partial charge in [0.1, 0.15) is 0 Å². The third-order valence-corrected chi connectivity index (χ3v) is 3.37. The Balaban J connectivity index is 2.93. The summed E-state index contributed by atoms with van der Waals surface area (Å²) in [4.78, 5) is 13.6. The van der Waals surface area contributed by atoms with Crippen molar-refractivity contribution in [3.63, 3.8) is 0 Å². The second-order valence-electron chi connectivity index (χ2n) is 5.93. The van der Waals surface area contributed by atoms with Crippen LogP contribution in [0.1, 0.15) is 41.0 Å². The van der Waals surface area contributed by atoms with Gasteiger partial charge in [-0.3, -0.25) is 4.79 Å². The summed E-state index contributed by atoms with van der Waals surface area (Å²) in [5.41, 5.74) is 0.190. The molecule has 2 nitrogen and oxygen atoms in total. The second kappa shape index (κ2) is 3.56. The third kappa shape index (κ3) is 1.94. The van der Waals surface area contributed by atoms with E-state index in [0.717, 1.165) is 6.42 Å². The lowest BCUT2D eigenvalue weighted by atomic mass is 9.75. The van der Waals surface area contributed by atoms with E-state index in [0.29, 0.717) is 23.8 Å². The van der Waals surface area contributed by atoms with Gasteiger partial charge in [-0.2, -0.15) is 0 Å². The van der Waals surface area contributed by atoms with Gasteiger partial charge in [0.2, 0.25) is 5.91 Å². The zero-order valence-electron chi connectivity index (χ0n) is 10.3. The Morgan fingerprint density at radius 2 is 1.86 bits per heavy atom. The highest BCUT2D eigenvalue weighted by Crippen LogP contribution is 2.40. The summed E-state index contributed by atoms with van der Waals surface area (Å²) in [7, 11) is 1.95. The maximum Gasteiger partial charge on any atom is 0.222 e. The van der Waals surface area contributed by atoms with Crippen molar-refractivity contribution in [2.75, 3.05) is 7.05 Å². The lowest BCUT2D eigenvalue weighted by Gasteiger charge is -2.38. The molecule has 82 valence electrons. The smallest absolute Gasteiger partial charge is 0.222 e. The Morgan fingerprint density at radius 1 is 1.36 bits per heavy atom. The van der Waals surface area contributed by atoms with Crippen LogP contribution in [0.25, 0.3) is 0 Å². The van der Waals surface area contributed by atoms with Crippen molar-refractivity contribution in [1.82, 2.24) is 4.90 Å². The summed E-state index contributed by atoms with van der Waals surface area (Å²) in [5.74, 6) is 1.42. The quantitative estimate of drug-likeness (QED) is 0.632. The molecular weight excluding hydrogens is 174 g/mol. The molecule has 0 spiro atoms. The number of amides is 1. The highest BCUT2D eigenvalue weighted by molar-refractivity contribution is 5.79. The van der Waals surface area contributed by atoms with Gasteiger partial charge in [-0.1, -0.05) is 34.6 Å². The van der Waals surface area contributed by atoms with E-state index in [4.69, 9.17) is 0 Å². The molecule has 1 heterocycles. The van der Waals surface area contributed by atoms with E-state index in [-0.39, 0.29) is 5.41 Å². The molecule has 1 amide bonds. The highest BCUT2D eigenvalue weighted by atomic mass is 16.2. The fraction of sp³-hybridized carbons (Fsp3) is 0.917. The predicted molar refractivity (Wildman–Crippen MR) is 59.0 cm³/mol. The van der Waals surface area contributed by atoms with Crippen LogP contribution in [0.15, 0.2) is 0 Å². The minimum Gasteiger partial charge on any atom is -0.342 e. The van der Waals surface area contributed by atoms with Gasteiger partial charge in [0.15, 0.2) is 0 Å². The first-order chi connectivity index (χ1) is 6.25. The number of rotatable bonds is 1. The Morgan fingerprint density at radius 3 is 2.14 bits per heavy atom. The van der Waals surface area contributed by atoms with Gasteiger partial charge in [-0.15, -0.1) is 0 Å². The van der Waals surface area contributed by atoms with Crippen LogP contribution in [-0.4, -0.2) is 23.9 Å². The standard InChI is InChI=1S/C12H23NO/c1-8(2)9-7-10(14)13(6)11(9)12(3,4)5/h8-9,11H,7H2,1-6H3/t9-,11-/m0/s1. The zero-order valence-corrected chi connectivity index (χ0v) is 10.3. The first kappa shape index (κ1) is 11.5. The summed E-state index contributed by atoms with van der Waals surface area (Å²) < 4.78 is 0. The Bertz CT molecular complexity index is 227. The molecule has 0 aliphatic carbocycles. The molecule has 14 heavy (non-hydrogen) atoms. The Kier molecular flexibility index (Phi) is 2.93. The molecule has 0 aromatic carbocycles. The summed E-state index contributed by atoms with van der Waals surface area (Å²) in [5, 5.41) is 0. The van der Waals surface area contributed by atoms with E-state index in [1.54, 1.807) is 0 Å². The van der Waals surface area contributed by atoms with Crippen LogP contribution in [0, 0.1) is 17.3 Å². The summed E-state index contributed by atoms with van der Waals surface area (Å²) in [6.45, 7) is 11.1. The van der Waals surface area contributed by atoms with E-state index in [2.05, 4.69) is 34.6 Å². The highest BCUT2D eigenvalue weighted by Gasteiger charge is 2.44. The summed E-state index contributed by atoms with van der Waals surface area (Å²) in [6.07, 6.45) is 0.732. The number of likely N-dealkylation sites (tertiary alicyclic amines) is 1. The van der Waals surface area contributed by atoms with Crippen molar-refractivity contribution in [3.8, 4) is 0 Å². The Hall–Kier alpha value is -0.530. The zero-order chi connectivity index (χ0) is 11.1. The lowest BCUT2D eigenvalue weighted by Crippen LogP contribution is -2.43. The van der Waals surface area contributed by atoms with Crippen LogP contribution in [0.2, 0.25) is 0 Å². The van der Waals surface area contributed by atoms with E-state index >= 15 is 0 Å². The first-order valence-corrected chi connectivity index (χ1v) is 5.50. The molecule has 0 aromatic rings. The van der Waals surface area contributed by atoms with Crippen LogP contribution in [0.4, 0.5) is 0 Å². The monoisotopic (exact) mass is 197 g/mol. The minimum absolute atomic E-state index is 0.190. The van der Waals surface area contributed by atoms with Crippen molar-refractivity contribution in [3.05, 3.63) is 0 Å². The van der Waals surface area contributed by atoms with Gasteiger partial charge in [0, 0.05) is 19.5 Å². The molecule has 0 N–H and O–H groups in total. The maximum atomic E-state index is 11.7. The third-order valence-electron chi connectivity index (χ3n) is 3.37. The fourth-order valence-corrected chi connectivity index (χ4v) is 2.72. The number of carbonyl (C=O) groups excluding carboxylic acids is 1. The van der Waals surface area contributed by atoms with E-state index < -0.39 is 0 Å². The average molecular weight is 197 g/mol. The molecule has 0 aromatic heterocycles. The molecule has 0 bridgehead atoms. The molecular formula is C12H23NO. The fourth-order valence-electron chi connectivity index (χ4n) is 2.72. The van der Waals surface area contributed by atoms with Gasteiger partial charge < -0.3 is 4.90 Å². The Labute approximate surface area is 87.7 Å². The van der Waals surface area contributed by atoms with Gasteiger partial charge >= 0.3 is 0 Å². The van der Waals surface area contributed by atoms with Crippen LogP contribution in [-0.2, 0) is 4.79 Å². The van der Waals surface area contributed by atoms with Crippen molar-refractivity contribution < 1.29 is 4.79 Å². The van der Waals surface area contributed by atoms with Gasteiger partial charge in [0.05, 0.1) is 0 Å². The average Bonchev–Trinajstić information content (AvgIpc) is 2.27. The predicted octanol–water partition coefficient (Wildman–Crippen LogP) is 2.54. The molecule has 1 aliphatic heterocycles. The molecule has 1 saturated heterocycles. The molecule has 1 rings (SSSR count). The first-order valence-electron chi connectivity index (χ1n) is 5.50. The van der Waals surface area contributed by atoms with Gasteiger partial charge in [0.25, 0.3) is 0 Å². The lowest BCUT2D eigenvalue weighted by molar-refractivity contribution is -0.128. The largest absolute Gasteiger partial charge is 0.342 e. The molecule has 2 heteroatoms. The topological polar surface area (TPSA) is 20.3 Å². The van der Waals surface area contributed by atoms with Gasteiger partial charge in [-0.25, -0.2) is 0 Å². The second-order valence-corrected chi connectivity index (χ2v) is 5.93. The van der Waals surface area contributed by atoms with Crippen molar-refractivity contribution in [2.45, 2.75) is 47.1 Å². The van der Waals surface area contributed by atoms with Crippen LogP contribution in [0.3, 0.4) is 0 Å². The number of hydrogen-bond acceptors (Lipinski definition) is 1. The van der Waals surface area contributed by atoms with Crippen molar-refractivity contribution >= 4 is 5.91 Å². The van der Waals surface area contributed by atoms with E-state index in [9.17, 15) is 4.79 Å². The van der Waals surface area contributed by atoms with E-state index in [1.807, 2.05) is 11.9 Å².